The van der Waals surface area contributed by atoms with Gasteiger partial charge in [-0.1, -0.05) is 13.0 Å². The molecule has 1 saturated heterocycles. The lowest BCUT2D eigenvalue weighted by Crippen LogP contribution is -2.41. The Labute approximate surface area is 113 Å². The highest BCUT2D eigenvalue weighted by molar-refractivity contribution is 5.63. The maximum Gasteiger partial charge on any atom is 0.292 e. The number of rotatable bonds is 4. The van der Waals surface area contributed by atoms with E-state index in [4.69, 9.17) is 0 Å². The van der Waals surface area contributed by atoms with E-state index in [2.05, 4.69) is 17.1 Å². The molecule has 5 heteroatoms. The van der Waals surface area contributed by atoms with Gasteiger partial charge >= 0.3 is 0 Å². The van der Waals surface area contributed by atoms with Crippen molar-refractivity contribution >= 4 is 11.4 Å². The van der Waals surface area contributed by atoms with E-state index in [-0.39, 0.29) is 10.6 Å². The fraction of sp³-hybridized carbons (Fsp3) is 0.571. The van der Waals surface area contributed by atoms with Crippen LogP contribution in [0.4, 0.5) is 11.4 Å². The molecule has 1 fully saturated rings. The number of hydrogen-bond acceptors (Lipinski definition) is 4. The molecule has 1 heterocycles. The first kappa shape index (κ1) is 13.8. The van der Waals surface area contributed by atoms with Gasteiger partial charge in [0.15, 0.2) is 0 Å². The number of aryl methyl sites for hydroxylation is 1. The van der Waals surface area contributed by atoms with E-state index >= 15 is 0 Å². The lowest BCUT2D eigenvalue weighted by molar-refractivity contribution is -0.384. The van der Waals surface area contributed by atoms with Crippen molar-refractivity contribution in [3.63, 3.8) is 0 Å². The molecule has 0 radical (unpaired) electrons. The predicted octanol–water partition coefficient (Wildman–Crippen LogP) is 2.80. The summed E-state index contributed by atoms with van der Waals surface area (Å²) in [5.74, 6) is 0. The summed E-state index contributed by atoms with van der Waals surface area (Å²) in [6, 6.07) is 5.53. The van der Waals surface area contributed by atoms with Crippen LogP contribution in [-0.2, 0) is 0 Å². The van der Waals surface area contributed by atoms with Gasteiger partial charge < -0.3 is 10.2 Å². The third-order valence-electron chi connectivity index (χ3n) is 3.66. The zero-order valence-corrected chi connectivity index (χ0v) is 11.6. The average molecular weight is 263 g/mol. The normalized spacial score (nSPS) is 20.2. The summed E-state index contributed by atoms with van der Waals surface area (Å²) in [5, 5.41) is 14.4. The molecule has 1 aliphatic rings. The van der Waals surface area contributed by atoms with Gasteiger partial charge in [0.1, 0.15) is 5.69 Å². The lowest BCUT2D eigenvalue weighted by atomic mass is 10.0. The van der Waals surface area contributed by atoms with Crippen LogP contribution in [0.1, 0.15) is 25.3 Å². The van der Waals surface area contributed by atoms with Gasteiger partial charge in [-0.05, 0) is 44.5 Å². The minimum absolute atomic E-state index is 0.166. The molecule has 5 nitrogen and oxygen atoms in total. The molecule has 1 unspecified atom stereocenters. The third kappa shape index (κ3) is 3.44. The molecule has 0 aliphatic carbocycles. The minimum atomic E-state index is -0.317. The Hall–Kier alpha value is -1.62. The summed E-state index contributed by atoms with van der Waals surface area (Å²) < 4.78 is 0. The van der Waals surface area contributed by atoms with Gasteiger partial charge in [0, 0.05) is 18.7 Å². The molecule has 1 atom stereocenters. The average Bonchev–Trinajstić information content (AvgIpc) is 2.38. The Morgan fingerprint density at radius 1 is 1.53 bits per heavy atom. The van der Waals surface area contributed by atoms with Crippen LogP contribution in [0.3, 0.4) is 0 Å². The van der Waals surface area contributed by atoms with Crippen molar-refractivity contribution in [2.45, 2.75) is 32.7 Å². The smallest absolute Gasteiger partial charge is 0.292 e. The second kappa shape index (κ2) is 6.02. The molecule has 104 valence electrons. The van der Waals surface area contributed by atoms with Crippen LogP contribution in [0.15, 0.2) is 18.2 Å². The summed E-state index contributed by atoms with van der Waals surface area (Å²) >= 11 is 0. The van der Waals surface area contributed by atoms with E-state index in [1.807, 2.05) is 13.0 Å². The molecule has 0 saturated carbocycles. The van der Waals surface area contributed by atoms with E-state index in [1.165, 1.54) is 0 Å². The largest absolute Gasteiger partial charge is 0.375 e. The quantitative estimate of drug-likeness (QED) is 0.670. The van der Waals surface area contributed by atoms with Gasteiger partial charge in [-0.2, -0.15) is 0 Å². The van der Waals surface area contributed by atoms with Crippen molar-refractivity contribution in [2.24, 2.45) is 0 Å². The Morgan fingerprint density at radius 3 is 3.00 bits per heavy atom. The Bertz CT molecular complexity index is 462. The highest BCUT2D eigenvalue weighted by atomic mass is 16.6. The zero-order chi connectivity index (χ0) is 13.8. The maximum absolute atomic E-state index is 11.1. The van der Waals surface area contributed by atoms with E-state index in [0.717, 1.165) is 38.0 Å². The topological polar surface area (TPSA) is 58.4 Å². The van der Waals surface area contributed by atoms with Crippen LogP contribution < -0.4 is 5.32 Å². The second-order valence-corrected chi connectivity index (χ2v) is 5.15. The summed E-state index contributed by atoms with van der Waals surface area (Å²) in [6.07, 6.45) is 2.21. The number of nitro groups is 1. The molecule has 0 aromatic heterocycles. The number of likely N-dealkylation sites (N-methyl/N-ethyl adjacent to an activating group) is 1. The number of anilines is 1. The Balaban J connectivity index is 2.13. The first-order valence-electron chi connectivity index (χ1n) is 6.84. The monoisotopic (exact) mass is 263 g/mol. The summed E-state index contributed by atoms with van der Waals surface area (Å²) in [4.78, 5) is 13.1. The van der Waals surface area contributed by atoms with Crippen LogP contribution in [0.25, 0.3) is 0 Å². The zero-order valence-electron chi connectivity index (χ0n) is 11.6. The van der Waals surface area contributed by atoms with Crippen molar-refractivity contribution < 1.29 is 4.92 Å². The van der Waals surface area contributed by atoms with Crippen LogP contribution in [0.5, 0.6) is 0 Å². The highest BCUT2D eigenvalue weighted by Gasteiger charge is 2.21. The maximum atomic E-state index is 11.1. The van der Waals surface area contributed by atoms with Gasteiger partial charge in [-0.15, -0.1) is 0 Å². The first-order valence-corrected chi connectivity index (χ1v) is 6.84. The standard InChI is InChI=1S/C14H21N3O2/c1-3-16-8-4-5-12(10-16)15-13-9-11(2)6-7-14(13)17(18)19/h6-7,9,12,15H,3-5,8,10H2,1-2H3. The van der Waals surface area contributed by atoms with Gasteiger partial charge in [0.25, 0.3) is 5.69 Å². The second-order valence-electron chi connectivity index (χ2n) is 5.15. The number of nitrogens with zero attached hydrogens (tertiary/aromatic N) is 2. The fourth-order valence-electron chi connectivity index (χ4n) is 2.61. The fourth-order valence-corrected chi connectivity index (χ4v) is 2.61. The predicted molar refractivity (Wildman–Crippen MR) is 76.6 cm³/mol. The van der Waals surface area contributed by atoms with Crippen LogP contribution >= 0.6 is 0 Å². The molecule has 0 bridgehead atoms. The van der Waals surface area contributed by atoms with Crippen molar-refractivity contribution in [1.29, 1.82) is 0 Å². The van der Waals surface area contributed by atoms with Crippen molar-refractivity contribution in [1.82, 2.24) is 4.90 Å². The number of nitro benzene ring substituents is 1. The summed E-state index contributed by atoms with van der Waals surface area (Å²) in [6.45, 7) is 7.23. The Morgan fingerprint density at radius 2 is 2.32 bits per heavy atom. The number of likely N-dealkylation sites (tertiary alicyclic amines) is 1. The minimum Gasteiger partial charge on any atom is -0.375 e. The summed E-state index contributed by atoms with van der Waals surface area (Å²) in [7, 11) is 0. The molecular weight excluding hydrogens is 242 g/mol. The van der Waals surface area contributed by atoms with Crippen molar-refractivity contribution in [2.75, 3.05) is 25.0 Å². The van der Waals surface area contributed by atoms with Crippen molar-refractivity contribution in [3.8, 4) is 0 Å². The number of hydrogen-bond donors (Lipinski definition) is 1. The third-order valence-corrected chi connectivity index (χ3v) is 3.66. The number of nitrogens with one attached hydrogen (secondary N) is 1. The molecule has 1 aromatic rings. The van der Waals surface area contributed by atoms with E-state index in [1.54, 1.807) is 12.1 Å². The highest BCUT2D eigenvalue weighted by Crippen LogP contribution is 2.27. The van der Waals surface area contributed by atoms with Gasteiger partial charge in [0.05, 0.1) is 4.92 Å². The van der Waals surface area contributed by atoms with E-state index < -0.39 is 0 Å². The molecule has 1 N–H and O–H groups in total. The molecule has 2 rings (SSSR count). The van der Waals surface area contributed by atoms with Crippen LogP contribution in [-0.4, -0.2) is 35.5 Å². The van der Waals surface area contributed by atoms with Gasteiger partial charge in [-0.25, -0.2) is 0 Å². The van der Waals surface area contributed by atoms with Crippen LogP contribution in [0, 0.1) is 17.0 Å². The van der Waals surface area contributed by atoms with Crippen molar-refractivity contribution in [3.05, 3.63) is 33.9 Å². The van der Waals surface area contributed by atoms with Gasteiger partial charge in [0.2, 0.25) is 0 Å². The molecule has 0 spiro atoms. The SMILES string of the molecule is CCN1CCCC(Nc2cc(C)ccc2[N+](=O)[O-])C1. The lowest BCUT2D eigenvalue weighted by Gasteiger charge is -2.32. The molecule has 1 aromatic carbocycles. The van der Waals surface area contributed by atoms with Gasteiger partial charge in [-0.3, -0.25) is 10.1 Å². The van der Waals surface area contributed by atoms with Crippen LogP contribution in [0.2, 0.25) is 0 Å². The molecular formula is C14H21N3O2. The summed E-state index contributed by atoms with van der Waals surface area (Å²) in [5.41, 5.74) is 1.85. The molecule has 1 aliphatic heterocycles. The molecule has 0 amide bonds. The number of benzene rings is 1. The number of piperidine rings is 1. The Kier molecular flexibility index (Phi) is 4.37. The van der Waals surface area contributed by atoms with E-state index in [9.17, 15) is 10.1 Å². The van der Waals surface area contributed by atoms with E-state index in [0.29, 0.717) is 11.7 Å². The first-order chi connectivity index (χ1) is 9.10. The molecule has 19 heavy (non-hydrogen) atoms.